The van der Waals surface area contributed by atoms with Crippen molar-refractivity contribution in [1.29, 1.82) is 0 Å². The topological polar surface area (TPSA) is 53.9 Å². The predicted molar refractivity (Wildman–Crippen MR) is 190 cm³/mol. The van der Waals surface area contributed by atoms with Gasteiger partial charge < -0.3 is 19.1 Å². The first-order valence-electron chi connectivity index (χ1n) is 15.5. The molecule has 5 heteroatoms. The number of hydrogen-bond acceptors (Lipinski definition) is 5. The summed E-state index contributed by atoms with van der Waals surface area (Å²) in [5, 5.41) is 8.00. The van der Waals surface area contributed by atoms with Gasteiger partial charge >= 0.3 is 0 Å². The van der Waals surface area contributed by atoms with Gasteiger partial charge in [0.1, 0.15) is 22.3 Å². The molecule has 1 N–H and O–H groups in total. The van der Waals surface area contributed by atoms with Crippen LogP contribution in [0.4, 0.5) is 5.69 Å². The summed E-state index contributed by atoms with van der Waals surface area (Å²) < 4.78 is 12.7. The van der Waals surface area contributed by atoms with Gasteiger partial charge in [-0.25, -0.2) is 4.99 Å². The molecule has 1 unspecified atom stereocenters. The summed E-state index contributed by atoms with van der Waals surface area (Å²) in [4.78, 5) is 7.45. The van der Waals surface area contributed by atoms with Crippen molar-refractivity contribution in [3.63, 3.8) is 0 Å². The zero-order valence-electron chi connectivity index (χ0n) is 25.0. The maximum atomic E-state index is 6.55. The van der Waals surface area contributed by atoms with Crippen LogP contribution in [0, 0.1) is 0 Å². The molecule has 5 nitrogen and oxygen atoms in total. The molecule has 220 valence electrons. The number of furan rings is 2. The molecule has 2 aliphatic heterocycles. The first kappa shape index (κ1) is 26.3. The second-order valence-electron chi connectivity index (χ2n) is 11.7. The van der Waals surface area contributed by atoms with E-state index in [9.17, 15) is 0 Å². The summed E-state index contributed by atoms with van der Waals surface area (Å²) in [6.45, 7) is 5.09. The summed E-state index contributed by atoms with van der Waals surface area (Å²) >= 11 is 0. The minimum Gasteiger partial charge on any atom is -0.456 e. The second kappa shape index (κ2) is 10.5. The number of rotatable bonds is 2. The average molecular weight is 596 g/mol. The molecule has 9 rings (SSSR count). The van der Waals surface area contributed by atoms with Crippen molar-refractivity contribution in [2.24, 2.45) is 4.99 Å². The van der Waals surface area contributed by atoms with Crippen molar-refractivity contribution in [1.82, 2.24) is 5.32 Å². The smallest absolute Gasteiger partial charge is 0.204 e. The average Bonchev–Trinajstić information content (AvgIpc) is 3.66. The van der Waals surface area contributed by atoms with Crippen molar-refractivity contribution in [3.05, 3.63) is 163 Å². The maximum absolute atomic E-state index is 6.55. The van der Waals surface area contributed by atoms with Crippen molar-refractivity contribution in [2.75, 3.05) is 11.4 Å². The van der Waals surface area contributed by atoms with Crippen molar-refractivity contribution in [2.45, 2.75) is 6.04 Å². The fourth-order valence-electron chi connectivity index (χ4n) is 6.59. The fraction of sp³-hybridized carbons (Fsp3) is 0.0488. The van der Waals surface area contributed by atoms with Gasteiger partial charge in [0.25, 0.3) is 0 Å². The van der Waals surface area contributed by atoms with E-state index in [1.165, 1.54) is 5.56 Å². The Bertz CT molecular complexity index is 2440. The van der Waals surface area contributed by atoms with Crippen LogP contribution in [0.5, 0.6) is 0 Å². The zero-order valence-corrected chi connectivity index (χ0v) is 25.0. The van der Waals surface area contributed by atoms with Gasteiger partial charge in [-0.3, -0.25) is 0 Å². The van der Waals surface area contributed by atoms with Crippen LogP contribution >= 0.6 is 0 Å². The maximum Gasteiger partial charge on any atom is 0.204 e. The van der Waals surface area contributed by atoms with Gasteiger partial charge in [0, 0.05) is 51.3 Å². The third-order valence-electron chi connectivity index (χ3n) is 8.88. The molecule has 0 aliphatic carbocycles. The van der Waals surface area contributed by atoms with E-state index in [0.717, 1.165) is 77.9 Å². The van der Waals surface area contributed by atoms with Crippen LogP contribution in [0.3, 0.4) is 0 Å². The molecule has 5 aromatic carbocycles. The summed E-state index contributed by atoms with van der Waals surface area (Å²) in [6.07, 6.45) is 10.5. The van der Waals surface area contributed by atoms with E-state index in [-0.39, 0.29) is 6.04 Å². The lowest BCUT2D eigenvalue weighted by Gasteiger charge is -2.33. The Morgan fingerprint density at radius 2 is 1.39 bits per heavy atom. The Balaban J connectivity index is 1.24. The highest BCUT2D eigenvalue weighted by Gasteiger charge is 2.26. The second-order valence-corrected chi connectivity index (χ2v) is 11.7. The Kier molecular flexibility index (Phi) is 6.03. The molecule has 2 aromatic heterocycles. The van der Waals surface area contributed by atoms with E-state index in [0.29, 0.717) is 6.54 Å². The molecule has 4 heterocycles. The normalized spacial score (nSPS) is 18.0. The van der Waals surface area contributed by atoms with Crippen LogP contribution in [0.15, 0.2) is 160 Å². The van der Waals surface area contributed by atoms with Crippen molar-refractivity contribution in [3.8, 4) is 0 Å². The van der Waals surface area contributed by atoms with E-state index >= 15 is 0 Å². The molecule has 1 atom stereocenters. The van der Waals surface area contributed by atoms with Gasteiger partial charge in [0.2, 0.25) is 5.96 Å². The molecule has 0 amide bonds. The van der Waals surface area contributed by atoms with Crippen molar-refractivity contribution < 1.29 is 8.83 Å². The first-order chi connectivity index (χ1) is 22.7. The fourth-order valence-corrected chi connectivity index (χ4v) is 6.59. The zero-order chi connectivity index (χ0) is 30.6. The monoisotopic (exact) mass is 595 g/mol. The van der Waals surface area contributed by atoms with Crippen LogP contribution in [0.2, 0.25) is 0 Å². The molecule has 0 fully saturated rings. The molecular formula is C41H29N3O2. The van der Waals surface area contributed by atoms with Crippen LogP contribution in [0.25, 0.3) is 55.1 Å². The highest BCUT2D eigenvalue weighted by atomic mass is 16.3. The number of nitrogens with zero attached hydrogens (tertiary/aromatic N) is 2. The largest absolute Gasteiger partial charge is 0.456 e. The van der Waals surface area contributed by atoms with Crippen molar-refractivity contribution >= 4 is 66.8 Å². The van der Waals surface area contributed by atoms with E-state index in [2.05, 4.69) is 114 Å². The van der Waals surface area contributed by atoms with Gasteiger partial charge in [0.15, 0.2) is 0 Å². The SMILES string of the molecule is C=C1/C=C\C=C/CN(C2=NC(c3ccccc3)=CC(c3ccccc3)N2)c2cc3oc4cc5oc6ccccc6c5cc4c3cc21. The van der Waals surface area contributed by atoms with Gasteiger partial charge in [-0.15, -0.1) is 0 Å². The quantitative estimate of drug-likeness (QED) is 0.216. The Morgan fingerprint density at radius 3 is 2.24 bits per heavy atom. The standard InChI is InChI=1S/C41H29N3O2/c1-26-13-5-4-12-20-44(41-42-34(27-14-6-2-7-15-27)23-35(43-41)28-16-8-3-9-17-28)36-24-38-32(21-30(26)36)33-22-31-29-18-10-11-19-37(29)45-39(31)25-40(33)46-38/h2-19,21-25,34H,1,20H2,(H,42,43)/b12-4-,13-5-. The number of benzene rings is 5. The molecule has 0 spiro atoms. The van der Waals surface area contributed by atoms with Crippen LogP contribution in [-0.2, 0) is 0 Å². The van der Waals surface area contributed by atoms with E-state index < -0.39 is 0 Å². The molecule has 7 aromatic rings. The Hall–Kier alpha value is -6.07. The molecule has 0 saturated heterocycles. The minimum absolute atomic E-state index is 0.0644. The molecule has 2 aliphatic rings. The van der Waals surface area contributed by atoms with Gasteiger partial charge in [-0.2, -0.15) is 0 Å². The Labute approximate surface area is 265 Å². The lowest BCUT2D eigenvalue weighted by Crippen LogP contribution is -2.44. The van der Waals surface area contributed by atoms with Crippen LogP contribution < -0.4 is 10.2 Å². The third kappa shape index (κ3) is 4.36. The summed E-state index contributed by atoms with van der Waals surface area (Å²) in [7, 11) is 0. The molecular weight excluding hydrogens is 566 g/mol. The summed E-state index contributed by atoms with van der Waals surface area (Å²) in [5.41, 5.74) is 9.32. The summed E-state index contributed by atoms with van der Waals surface area (Å²) in [6, 6.07) is 37.5. The van der Waals surface area contributed by atoms with Crippen LogP contribution in [-0.4, -0.2) is 12.5 Å². The van der Waals surface area contributed by atoms with E-state index in [4.69, 9.17) is 13.8 Å². The number of allylic oxidation sites excluding steroid dienone is 4. The lowest BCUT2D eigenvalue weighted by molar-refractivity contribution is 0.656. The molecule has 0 saturated carbocycles. The van der Waals surface area contributed by atoms with Gasteiger partial charge in [-0.1, -0.05) is 110 Å². The number of fused-ring (bicyclic) bond motifs is 7. The molecule has 0 radical (unpaired) electrons. The summed E-state index contributed by atoms with van der Waals surface area (Å²) in [5.74, 6) is 0.759. The predicted octanol–water partition coefficient (Wildman–Crippen LogP) is 10.2. The third-order valence-corrected chi connectivity index (χ3v) is 8.88. The van der Waals surface area contributed by atoms with E-state index in [1.54, 1.807) is 0 Å². The number of anilines is 1. The first-order valence-corrected chi connectivity index (χ1v) is 15.5. The number of hydrogen-bond donors (Lipinski definition) is 1. The lowest BCUT2D eigenvalue weighted by atomic mass is 9.99. The highest BCUT2D eigenvalue weighted by Crippen LogP contribution is 2.41. The molecule has 46 heavy (non-hydrogen) atoms. The van der Waals surface area contributed by atoms with Crippen LogP contribution in [0.1, 0.15) is 22.7 Å². The van der Waals surface area contributed by atoms with E-state index in [1.807, 2.05) is 42.5 Å². The number of aliphatic imine (C=N–C) groups is 1. The van der Waals surface area contributed by atoms with Gasteiger partial charge in [0.05, 0.1) is 17.4 Å². The number of guanidine groups is 1. The Morgan fingerprint density at radius 1 is 0.696 bits per heavy atom. The highest BCUT2D eigenvalue weighted by molar-refractivity contribution is 6.16. The molecule has 0 bridgehead atoms. The number of para-hydroxylation sites is 1. The minimum atomic E-state index is -0.0644. The van der Waals surface area contributed by atoms with Gasteiger partial charge in [-0.05, 0) is 35.4 Å². The number of nitrogens with one attached hydrogen (secondary N) is 1.